The Morgan fingerprint density at radius 3 is 2.67 bits per heavy atom. The van der Waals surface area contributed by atoms with Gasteiger partial charge >= 0.3 is 5.97 Å². The third-order valence-corrected chi connectivity index (χ3v) is 3.42. The molecular formula is C14H18ClFN2O3. The summed E-state index contributed by atoms with van der Waals surface area (Å²) in [5.74, 6) is -1.60. The number of carbonyl (C=O) groups is 2. The highest BCUT2D eigenvalue weighted by Gasteiger charge is 2.21. The van der Waals surface area contributed by atoms with Gasteiger partial charge in [0.05, 0.1) is 0 Å². The van der Waals surface area contributed by atoms with E-state index in [0.717, 1.165) is 0 Å². The Morgan fingerprint density at radius 1 is 1.48 bits per heavy atom. The number of nitrogens with zero attached hydrogens (tertiary/aromatic N) is 1. The number of amides is 1. The fraction of sp³-hybridized carbons (Fsp3) is 0.429. The lowest BCUT2D eigenvalue weighted by Crippen LogP contribution is -2.42. The molecule has 0 heterocycles. The number of carbonyl (C=O) groups excluding carboxylic acids is 1. The van der Waals surface area contributed by atoms with Gasteiger partial charge in [-0.25, -0.2) is 4.39 Å². The van der Waals surface area contributed by atoms with Crippen molar-refractivity contribution in [1.82, 2.24) is 10.2 Å². The lowest BCUT2D eigenvalue weighted by Gasteiger charge is -2.26. The van der Waals surface area contributed by atoms with E-state index in [9.17, 15) is 14.0 Å². The van der Waals surface area contributed by atoms with Gasteiger partial charge in [0, 0.05) is 31.6 Å². The molecule has 1 atom stereocenters. The molecule has 5 nitrogen and oxygen atoms in total. The summed E-state index contributed by atoms with van der Waals surface area (Å²) in [5.41, 5.74) is 0.633. The number of nitrogens with one attached hydrogen (secondary N) is 1. The van der Waals surface area contributed by atoms with Crippen molar-refractivity contribution >= 4 is 23.5 Å². The van der Waals surface area contributed by atoms with E-state index >= 15 is 0 Å². The van der Waals surface area contributed by atoms with Gasteiger partial charge in [0.1, 0.15) is 11.9 Å². The van der Waals surface area contributed by atoms with Crippen molar-refractivity contribution in [3.63, 3.8) is 0 Å². The highest BCUT2D eigenvalue weighted by Crippen LogP contribution is 2.20. The van der Waals surface area contributed by atoms with E-state index in [2.05, 4.69) is 5.32 Å². The van der Waals surface area contributed by atoms with Gasteiger partial charge < -0.3 is 10.4 Å². The summed E-state index contributed by atoms with van der Waals surface area (Å²) in [4.78, 5) is 23.7. The SMILES string of the molecule is CC(=O)NCCN(Cc1ccc(F)cc1Cl)C(C)C(=O)O. The predicted molar refractivity (Wildman–Crippen MR) is 77.6 cm³/mol. The quantitative estimate of drug-likeness (QED) is 0.806. The largest absolute Gasteiger partial charge is 0.480 e. The van der Waals surface area contributed by atoms with Crippen molar-refractivity contribution in [2.24, 2.45) is 0 Å². The van der Waals surface area contributed by atoms with E-state index in [1.807, 2.05) is 0 Å². The minimum absolute atomic E-state index is 0.183. The van der Waals surface area contributed by atoms with Crippen LogP contribution in [0.1, 0.15) is 19.4 Å². The first kappa shape index (κ1) is 17.4. The molecule has 0 aliphatic heterocycles. The molecule has 1 unspecified atom stereocenters. The van der Waals surface area contributed by atoms with Crippen LogP contribution in [0.15, 0.2) is 18.2 Å². The van der Waals surface area contributed by atoms with Crippen LogP contribution in [-0.2, 0) is 16.1 Å². The number of benzene rings is 1. The molecule has 0 aliphatic rings. The van der Waals surface area contributed by atoms with E-state index in [-0.39, 0.29) is 17.5 Å². The summed E-state index contributed by atoms with van der Waals surface area (Å²) < 4.78 is 13.0. The van der Waals surface area contributed by atoms with Crippen LogP contribution in [0, 0.1) is 5.82 Å². The highest BCUT2D eigenvalue weighted by molar-refractivity contribution is 6.31. The molecule has 0 saturated heterocycles. The molecule has 1 amide bonds. The number of carboxylic acid groups (broad SMARTS) is 1. The number of hydrogen-bond acceptors (Lipinski definition) is 3. The van der Waals surface area contributed by atoms with Gasteiger partial charge in [-0.3, -0.25) is 14.5 Å². The highest BCUT2D eigenvalue weighted by atomic mass is 35.5. The molecule has 116 valence electrons. The Bertz CT molecular complexity index is 525. The third-order valence-electron chi connectivity index (χ3n) is 3.07. The van der Waals surface area contributed by atoms with Crippen LogP contribution in [0.5, 0.6) is 0 Å². The van der Waals surface area contributed by atoms with Crippen LogP contribution >= 0.6 is 11.6 Å². The summed E-state index contributed by atoms with van der Waals surface area (Å²) in [7, 11) is 0. The summed E-state index contributed by atoms with van der Waals surface area (Å²) in [6, 6.07) is 3.24. The fourth-order valence-electron chi connectivity index (χ4n) is 1.81. The van der Waals surface area contributed by atoms with Gasteiger partial charge in [0.25, 0.3) is 0 Å². The molecule has 0 radical (unpaired) electrons. The number of carboxylic acids is 1. The fourth-order valence-corrected chi connectivity index (χ4v) is 2.04. The van der Waals surface area contributed by atoms with Gasteiger partial charge in [0.2, 0.25) is 5.91 Å². The first-order valence-electron chi connectivity index (χ1n) is 6.46. The van der Waals surface area contributed by atoms with Gasteiger partial charge in [-0.2, -0.15) is 0 Å². The minimum atomic E-state index is -0.976. The molecular weight excluding hydrogens is 299 g/mol. The second-order valence-corrected chi connectivity index (χ2v) is 5.11. The topological polar surface area (TPSA) is 69.6 Å². The average molecular weight is 317 g/mol. The van der Waals surface area contributed by atoms with Crippen LogP contribution < -0.4 is 5.32 Å². The Labute approximate surface area is 127 Å². The molecule has 1 aromatic carbocycles. The van der Waals surface area contributed by atoms with Crippen molar-refractivity contribution in [1.29, 1.82) is 0 Å². The monoisotopic (exact) mass is 316 g/mol. The van der Waals surface area contributed by atoms with Crippen molar-refractivity contribution < 1.29 is 19.1 Å². The Balaban J connectivity index is 2.80. The molecule has 0 fully saturated rings. The first-order chi connectivity index (χ1) is 9.81. The second-order valence-electron chi connectivity index (χ2n) is 4.70. The zero-order valence-corrected chi connectivity index (χ0v) is 12.7. The summed E-state index contributed by atoms with van der Waals surface area (Å²) in [6.07, 6.45) is 0. The van der Waals surface area contributed by atoms with Gasteiger partial charge in [-0.05, 0) is 24.6 Å². The predicted octanol–water partition coefficient (Wildman–Crippen LogP) is 1.89. The zero-order chi connectivity index (χ0) is 16.0. The van der Waals surface area contributed by atoms with Crippen LogP contribution in [-0.4, -0.2) is 41.0 Å². The number of rotatable bonds is 7. The average Bonchev–Trinajstić information content (AvgIpc) is 2.38. The van der Waals surface area contributed by atoms with Crippen molar-refractivity contribution in [2.45, 2.75) is 26.4 Å². The molecule has 0 bridgehead atoms. The van der Waals surface area contributed by atoms with Gasteiger partial charge in [-0.15, -0.1) is 0 Å². The molecule has 1 aromatic rings. The number of halogens is 2. The molecule has 0 saturated carbocycles. The van der Waals surface area contributed by atoms with Crippen LogP contribution in [0.2, 0.25) is 5.02 Å². The van der Waals surface area contributed by atoms with E-state index in [4.69, 9.17) is 16.7 Å². The van der Waals surface area contributed by atoms with Crippen molar-refractivity contribution in [3.8, 4) is 0 Å². The van der Waals surface area contributed by atoms with Crippen molar-refractivity contribution in [2.75, 3.05) is 13.1 Å². The maximum atomic E-state index is 13.0. The summed E-state index contributed by atoms with van der Waals surface area (Å²) >= 11 is 5.96. The maximum absolute atomic E-state index is 13.0. The Kier molecular flexibility index (Phi) is 6.58. The normalized spacial score (nSPS) is 12.2. The molecule has 21 heavy (non-hydrogen) atoms. The summed E-state index contributed by atoms with van der Waals surface area (Å²) in [5, 5.41) is 12.0. The lowest BCUT2D eigenvalue weighted by molar-refractivity contribution is -0.142. The molecule has 0 spiro atoms. The molecule has 0 aromatic heterocycles. The van der Waals surface area contributed by atoms with E-state index < -0.39 is 17.8 Å². The molecule has 0 aliphatic carbocycles. The van der Waals surface area contributed by atoms with E-state index in [1.54, 1.807) is 11.8 Å². The number of aliphatic carboxylic acids is 1. The van der Waals surface area contributed by atoms with E-state index in [0.29, 0.717) is 18.7 Å². The lowest BCUT2D eigenvalue weighted by atomic mass is 10.1. The smallest absolute Gasteiger partial charge is 0.320 e. The van der Waals surface area contributed by atoms with Gasteiger partial charge in [0.15, 0.2) is 0 Å². The maximum Gasteiger partial charge on any atom is 0.320 e. The second kappa shape index (κ2) is 7.95. The minimum Gasteiger partial charge on any atom is -0.480 e. The van der Waals surface area contributed by atoms with Crippen LogP contribution in [0.25, 0.3) is 0 Å². The summed E-state index contributed by atoms with van der Waals surface area (Å²) in [6.45, 7) is 3.87. The van der Waals surface area contributed by atoms with E-state index in [1.165, 1.54) is 25.1 Å². The molecule has 7 heteroatoms. The van der Waals surface area contributed by atoms with Crippen LogP contribution in [0.3, 0.4) is 0 Å². The van der Waals surface area contributed by atoms with Crippen molar-refractivity contribution in [3.05, 3.63) is 34.6 Å². The van der Waals surface area contributed by atoms with Crippen LogP contribution in [0.4, 0.5) is 4.39 Å². The number of hydrogen-bond donors (Lipinski definition) is 2. The Morgan fingerprint density at radius 2 is 2.14 bits per heavy atom. The molecule has 2 N–H and O–H groups in total. The zero-order valence-electron chi connectivity index (χ0n) is 11.9. The first-order valence-corrected chi connectivity index (χ1v) is 6.84. The standard InChI is InChI=1S/C14H18ClFN2O3/c1-9(14(20)21)18(6-5-17-10(2)19)8-11-3-4-12(16)7-13(11)15/h3-4,7,9H,5-6,8H2,1-2H3,(H,17,19)(H,20,21). The Hall–Kier alpha value is -1.66. The van der Waals surface area contributed by atoms with Gasteiger partial charge in [-0.1, -0.05) is 17.7 Å². The third kappa shape index (κ3) is 5.69. The molecule has 1 rings (SSSR count).